The first kappa shape index (κ1) is 18.0. The van der Waals surface area contributed by atoms with Gasteiger partial charge in [-0.05, 0) is 37.6 Å². The van der Waals surface area contributed by atoms with E-state index in [-0.39, 0.29) is 24.4 Å². The fraction of sp³-hybridized carbons (Fsp3) is 0.353. The van der Waals surface area contributed by atoms with Crippen molar-refractivity contribution in [1.29, 1.82) is 0 Å². The smallest absolute Gasteiger partial charge is 0.268 e. The van der Waals surface area contributed by atoms with Crippen molar-refractivity contribution in [2.24, 2.45) is 7.05 Å². The fourth-order valence-electron chi connectivity index (χ4n) is 2.91. The number of aromatic nitrogens is 1. The van der Waals surface area contributed by atoms with Crippen molar-refractivity contribution in [3.63, 3.8) is 0 Å². The lowest BCUT2D eigenvalue weighted by Gasteiger charge is -2.23. The van der Waals surface area contributed by atoms with Crippen molar-refractivity contribution in [2.45, 2.75) is 18.9 Å². The third kappa shape index (κ3) is 3.97. The van der Waals surface area contributed by atoms with Gasteiger partial charge in [0.2, 0.25) is 0 Å². The SMILES string of the molecule is Cl.Cn1c(C(=O)N[C@H]2CCCNC2)ccc1-c1ccccc1Br. The number of halogens is 2. The number of carbonyl (C=O) groups is 1. The maximum atomic E-state index is 12.5. The lowest BCUT2D eigenvalue weighted by molar-refractivity contribution is 0.0922. The molecule has 1 aromatic carbocycles. The average Bonchev–Trinajstić information content (AvgIpc) is 2.90. The quantitative estimate of drug-likeness (QED) is 0.833. The van der Waals surface area contributed by atoms with Crippen LogP contribution in [-0.2, 0) is 7.05 Å². The van der Waals surface area contributed by atoms with E-state index < -0.39 is 0 Å². The molecule has 0 saturated carbocycles. The van der Waals surface area contributed by atoms with Gasteiger partial charge in [0, 0.05) is 35.4 Å². The molecule has 1 saturated heterocycles. The van der Waals surface area contributed by atoms with Gasteiger partial charge < -0.3 is 15.2 Å². The van der Waals surface area contributed by atoms with Crippen LogP contribution in [0.4, 0.5) is 0 Å². The Labute approximate surface area is 151 Å². The molecule has 0 spiro atoms. The van der Waals surface area contributed by atoms with E-state index in [1.54, 1.807) is 0 Å². The molecule has 0 unspecified atom stereocenters. The predicted molar refractivity (Wildman–Crippen MR) is 99.2 cm³/mol. The highest BCUT2D eigenvalue weighted by Crippen LogP contribution is 2.29. The summed E-state index contributed by atoms with van der Waals surface area (Å²) < 4.78 is 2.98. The van der Waals surface area contributed by atoms with Crippen LogP contribution in [0.1, 0.15) is 23.3 Å². The van der Waals surface area contributed by atoms with E-state index in [2.05, 4.69) is 26.6 Å². The molecule has 2 N–H and O–H groups in total. The van der Waals surface area contributed by atoms with Crippen LogP contribution in [0, 0.1) is 0 Å². The van der Waals surface area contributed by atoms with Crippen LogP contribution < -0.4 is 10.6 Å². The highest BCUT2D eigenvalue weighted by molar-refractivity contribution is 9.10. The molecule has 6 heteroatoms. The Morgan fingerprint density at radius 2 is 2.09 bits per heavy atom. The van der Waals surface area contributed by atoms with Gasteiger partial charge in [-0.15, -0.1) is 12.4 Å². The minimum absolute atomic E-state index is 0. The fourth-order valence-corrected chi connectivity index (χ4v) is 3.40. The van der Waals surface area contributed by atoms with E-state index in [1.165, 1.54) is 0 Å². The number of piperidine rings is 1. The summed E-state index contributed by atoms with van der Waals surface area (Å²) >= 11 is 3.57. The minimum Gasteiger partial charge on any atom is -0.347 e. The number of hydrogen-bond donors (Lipinski definition) is 2. The van der Waals surface area contributed by atoms with E-state index in [1.807, 2.05) is 48.0 Å². The second-order valence-corrected chi connectivity index (χ2v) is 6.51. The average molecular weight is 399 g/mol. The first-order chi connectivity index (χ1) is 10.7. The summed E-state index contributed by atoms with van der Waals surface area (Å²) in [4.78, 5) is 12.5. The van der Waals surface area contributed by atoms with Crippen molar-refractivity contribution in [3.05, 3.63) is 46.6 Å². The van der Waals surface area contributed by atoms with Crippen LogP contribution in [0.5, 0.6) is 0 Å². The molecule has 0 radical (unpaired) electrons. The van der Waals surface area contributed by atoms with Gasteiger partial charge in [-0.2, -0.15) is 0 Å². The van der Waals surface area contributed by atoms with Gasteiger partial charge in [0.25, 0.3) is 5.91 Å². The molecule has 1 aliphatic heterocycles. The number of hydrogen-bond acceptors (Lipinski definition) is 2. The summed E-state index contributed by atoms with van der Waals surface area (Å²) in [6.45, 7) is 1.90. The zero-order valence-corrected chi connectivity index (χ0v) is 15.4. The number of nitrogens with one attached hydrogen (secondary N) is 2. The monoisotopic (exact) mass is 397 g/mol. The van der Waals surface area contributed by atoms with Crippen molar-refractivity contribution in [3.8, 4) is 11.3 Å². The maximum absolute atomic E-state index is 12.5. The first-order valence-electron chi connectivity index (χ1n) is 7.59. The normalized spacial score (nSPS) is 17.4. The Bertz CT molecular complexity index is 680. The zero-order chi connectivity index (χ0) is 15.5. The molecular formula is C17H21BrClN3O. The van der Waals surface area contributed by atoms with E-state index in [0.717, 1.165) is 41.7 Å². The summed E-state index contributed by atoms with van der Waals surface area (Å²) in [6.07, 6.45) is 2.15. The van der Waals surface area contributed by atoms with Gasteiger partial charge in [-0.1, -0.05) is 34.1 Å². The number of amides is 1. The molecule has 4 nitrogen and oxygen atoms in total. The second-order valence-electron chi connectivity index (χ2n) is 5.66. The maximum Gasteiger partial charge on any atom is 0.268 e. The molecule has 1 atom stereocenters. The van der Waals surface area contributed by atoms with Crippen LogP contribution in [0.2, 0.25) is 0 Å². The van der Waals surface area contributed by atoms with Gasteiger partial charge in [-0.25, -0.2) is 0 Å². The molecule has 1 aliphatic rings. The Kier molecular flexibility index (Phi) is 6.27. The lowest BCUT2D eigenvalue weighted by atomic mass is 10.1. The highest BCUT2D eigenvalue weighted by atomic mass is 79.9. The summed E-state index contributed by atoms with van der Waals surface area (Å²) in [7, 11) is 1.93. The highest BCUT2D eigenvalue weighted by Gasteiger charge is 2.19. The van der Waals surface area contributed by atoms with Crippen LogP contribution in [0.15, 0.2) is 40.9 Å². The Balaban J connectivity index is 0.00000192. The van der Waals surface area contributed by atoms with Gasteiger partial charge in [0.05, 0.1) is 0 Å². The molecule has 3 rings (SSSR count). The summed E-state index contributed by atoms with van der Waals surface area (Å²) in [6, 6.07) is 12.2. The van der Waals surface area contributed by atoms with E-state index >= 15 is 0 Å². The largest absolute Gasteiger partial charge is 0.347 e. The topological polar surface area (TPSA) is 46.1 Å². The lowest BCUT2D eigenvalue weighted by Crippen LogP contribution is -2.45. The standard InChI is InChI=1S/C17H20BrN3O.ClH/c1-21-15(13-6-2-3-7-14(13)18)8-9-16(21)17(22)20-12-5-4-10-19-11-12;/h2-3,6-9,12,19H,4-5,10-11H2,1H3,(H,20,22);1H/t12-;/m0./s1. The van der Waals surface area contributed by atoms with E-state index in [9.17, 15) is 4.79 Å². The molecule has 1 fully saturated rings. The molecule has 23 heavy (non-hydrogen) atoms. The van der Waals surface area contributed by atoms with Gasteiger partial charge in [0.1, 0.15) is 5.69 Å². The van der Waals surface area contributed by atoms with Crippen molar-refractivity contribution in [1.82, 2.24) is 15.2 Å². The zero-order valence-electron chi connectivity index (χ0n) is 13.0. The van der Waals surface area contributed by atoms with Crippen molar-refractivity contribution in [2.75, 3.05) is 13.1 Å². The third-order valence-electron chi connectivity index (χ3n) is 4.14. The number of rotatable bonds is 3. The Morgan fingerprint density at radius 1 is 1.30 bits per heavy atom. The first-order valence-corrected chi connectivity index (χ1v) is 8.38. The number of carbonyl (C=O) groups excluding carboxylic acids is 1. The minimum atomic E-state index is -0.00509. The summed E-state index contributed by atoms with van der Waals surface area (Å²) in [5, 5.41) is 6.44. The Morgan fingerprint density at radius 3 is 2.78 bits per heavy atom. The number of benzene rings is 1. The summed E-state index contributed by atoms with van der Waals surface area (Å²) in [5.41, 5.74) is 2.80. The molecule has 0 aliphatic carbocycles. The van der Waals surface area contributed by atoms with Gasteiger partial charge >= 0.3 is 0 Å². The second kappa shape index (κ2) is 7.99. The molecule has 0 bridgehead atoms. The van der Waals surface area contributed by atoms with Crippen LogP contribution in [0.3, 0.4) is 0 Å². The third-order valence-corrected chi connectivity index (χ3v) is 4.83. The number of nitrogens with zero attached hydrogens (tertiary/aromatic N) is 1. The molecular weight excluding hydrogens is 378 g/mol. The van der Waals surface area contributed by atoms with E-state index in [4.69, 9.17) is 0 Å². The molecule has 2 heterocycles. The van der Waals surface area contributed by atoms with Crippen molar-refractivity contribution >= 4 is 34.2 Å². The predicted octanol–water partition coefficient (Wildman–Crippen LogP) is 3.36. The molecule has 1 aromatic heterocycles. The molecule has 2 aromatic rings. The van der Waals surface area contributed by atoms with Gasteiger partial charge in [0.15, 0.2) is 0 Å². The van der Waals surface area contributed by atoms with Crippen molar-refractivity contribution < 1.29 is 4.79 Å². The van der Waals surface area contributed by atoms with Crippen LogP contribution in [0.25, 0.3) is 11.3 Å². The summed E-state index contributed by atoms with van der Waals surface area (Å²) in [5.74, 6) is -0.00509. The van der Waals surface area contributed by atoms with E-state index in [0.29, 0.717) is 5.69 Å². The van der Waals surface area contributed by atoms with Crippen LogP contribution >= 0.6 is 28.3 Å². The molecule has 124 valence electrons. The molecule has 1 amide bonds. The van der Waals surface area contributed by atoms with Crippen LogP contribution in [-0.4, -0.2) is 29.6 Å². The van der Waals surface area contributed by atoms with Gasteiger partial charge in [-0.3, -0.25) is 4.79 Å². The Hall–Kier alpha value is -1.30.